The standard InChI is InChI=1S/C16H25NOS/c1-12-6-4-9-16(13(12)2)17-15-8-5-7-14(10-15)11-19(3)18/h5,7-8,10,12-13,16-17H,4,6,9,11H2,1-3H3/t12-,13-,16+,19+/m1/s1. The average Bonchev–Trinajstić information content (AvgIpc) is 2.35. The van der Waals surface area contributed by atoms with Gasteiger partial charge in [0.2, 0.25) is 0 Å². The van der Waals surface area contributed by atoms with E-state index in [4.69, 9.17) is 0 Å². The Labute approximate surface area is 119 Å². The van der Waals surface area contributed by atoms with Crippen molar-refractivity contribution in [2.24, 2.45) is 11.8 Å². The quantitative estimate of drug-likeness (QED) is 0.908. The van der Waals surface area contributed by atoms with Crippen molar-refractivity contribution in [1.29, 1.82) is 0 Å². The first-order valence-corrected chi connectivity index (χ1v) is 8.94. The fourth-order valence-electron chi connectivity index (χ4n) is 2.99. The maximum atomic E-state index is 11.3. The molecule has 1 aromatic carbocycles. The molecule has 0 radical (unpaired) electrons. The zero-order chi connectivity index (χ0) is 13.8. The molecule has 1 aliphatic rings. The molecule has 4 atom stereocenters. The summed E-state index contributed by atoms with van der Waals surface area (Å²) in [6, 6.07) is 8.95. The van der Waals surface area contributed by atoms with Gasteiger partial charge in [-0.2, -0.15) is 0 Å². The highest BCUT2D eigenvalue weighted by Gasteiger charge is 2.26. The van der Waals surface area contributed by atoms with E-state index in [2.05, 4.69) is 43.4 Å². The van der Waals surface area contributed by atoms with Crippen LogP contribution in [0.4, 0.5) is 5.69 Å². The van der Waals surface area contributed by atoms with Gasteiger partial charge in [-0.1, -0.05) is 38.8 Å². The summed E-state index contributed by atoms with van der Waals surface area (Å²) in [6.45, 7) is 4.71. The van der Waals surface area contributed by atoms with Gasteiger partial charge in [-0.05, 0) is 36.0 Å². The number of hydrogen-bond donors (Lipinski definition) is 1. The van der Waals surface area contributed by atoms with E-state index in [1.165, 1.54) is 24.9 Å². The highest BCUT2D eigenvalue weighted by atomic mass is 32.2. The fourth-order valence-corrected chi connectivity index (χ4v) is 3.63. The third-order valence-electron chi connectivity index (χ3n) is 4.36. The molecule has 1 fully saturated rings. The van der Waals surface area contributed by atoms with E-state index < -0.39 is 10.8 Å². The number of benzene rings is 1. The number of anilines is 1. The molecule has 2 rings (SSSR count). The van der Waals surface area contributed by atoms with Gasteiger partial charge >= 0.3 is 0 Å². The summed E-state index contributed by atoms with van der Waals surface area (Å²) in [6.07, 6.45) is 5.69. The third-order valence-corrected chi connectivity index (χ3v) is 5.10. The van der Waals surface area contributed by atoms with Crippen LogP contribution < -0.4 is 5.32 Å². The molecular weight excluding hydrogens is 254 g/mol. The van der Waals surface area contributed by atoms with Crippen LogP contribution in [0.25, 0.3) is 0 Å². The Kier molecular flexibility index (Phi) is 5.03. The first-order chi connectivity index (χ1) is 9.06. The topological polar surface area (TPSA) is 29.1 Å². The van der Waals surface area contributed by atoms with Crippen molar-refractivity contribution in [3.05, 3.63) is 29.8 Å². The third kappa shape index (κ3) is 4.07. The van der Waals surface area contributed by atoms with Crippen molar-refractivity contribution in [2.75, 3.05) is 11.6 Å². The van der Waals surface area contributed by atoms with Crippen LogP contribution in [0.3, 0.4) is 0 Å². The van der Waals surface area contributed by atoms with E-state index in [1.807, 2.05) is 0 Å². The lowest BCUT2D eigenvalue weighted by atomic mass is 9.78. The van der Waals surface area contributed by atoms with Crippen LogP contribution in [0, 0.1) is 11.8 Å². The minimum absolute atomic E-state index is 0.575. The molecule has 106 valence electrons. The van der Waals surface area contributed by atoms with E-state index in [0.717, 1.165) is 17.4 Å². The van der Waals surface area contributed by atoms with E-state index in [0.29, 0.717) is 11.8 Å². The summed E-state index contributed by atoms with van der Waals surface area (Å²) in [7, 11) is -0.772. The minimum Gasteiger partial charge on any atom is -0.382 e. The van der Waals surface area contributed by atoms with Gasteiger partial charge in [0.05, 0.1) is 0 Å². The van der Waals surface area contributed by atoms with Gasteiger partial charge in [0.25, 0.3) is 0 Å². The van der Waals surface area contributed by atoms with Gasteiger partial charge in [-0.3, -0.25) is 4.21 Å². The maximum absolute atomic E-state index is 11.3. The van der Waals surface area contributed by atoms with Crippen molar-refractivity contribution in [1.82, 2.24) is 0 Å². The van der Waals surface area contributed by atoms with E-state index in [1.54, 1.807) is 6.26 Å². The first kappa shape index (κ1) is 14.6. The van der Waals surface area contributed by atoms with Crippen molar-refractivity contribution in [3.63, 3.8) is 0 Å². The molecule has 0 unspecified atom stereocenters. The lowest BCUT2D eigenvalue weighted by Gasteiger charge is -2.35. The molecule has 0 bridgehead atoms. The van der Waals surface area contributed by atoms with E-state index >= 15 is 0 Å². The number of nitrogens with one attached hydrogen (secondary N) is 1. The molecule has 19 heavy (non-hydrogen) atoms. The Morgan fingerprint density at radius 2 is 2.11 bits per heavy atom. The Hall–Kier alpha value is -0.830. The summed E-state index contributed by atoms with van der Waals surface area (Å²) in [5.74, 6) is 2.17. The SMILES string of the molecule is C[C@@H]1[C@H](C)CCC[C@@H]1Nc1cccc(C[S@](C)=O)c1. The highest BCUT2D eigenvalue weighted by molar-refractivity contribution is 7.83. The maximum Gasteiger partial charge on any atom is 0.0483 e. The molecule has 1 N–H and O–H groups in total. The van der Waals surface area contributed by atoms with Gasteiger partial charge < -0.3 is 5.32 Å². The Morgan fingerprint density at radius 3 is 2.84 bits per heavy atom. The predicted octanol–water partition coefficient (Wildman–Crippen LogP) is 3.80. The molecule has 0 amide bonds. The van der Waals surface area contributed by atoms with Gasteiger partial charge in [-0.25, -0.2) is 0 Å². The molecule has 0 aliphatic heterocycles. The van der Waals surface area contributed by atoms with Crippen LogP contribution in [-0.2, 0) is 16.6 Å². The summed E-state index contributed by atoms with van der Waals surface area (Å²) in [4.78, 5) is 0. The molecule has 0 saturated heterocycles. The molecule has 0 spiro atoms. The highest BCUT2D eigenvalue weighted by Crippen LogP contribution is 2.31. The van der Waals surface area contributed by atoms with E-state index in [-0.39, 0.29) is 0 Å². The second kappa shape index (κ2) is 6.56. The summed E-state index contributed by atoms with van der Waals surface area (Å²) >= 11 is 0. The second-order valence-corrected chi connectivity index (χ2v) is 7.37. The summed E-state index contributed by atoms with van der Waals surface area (Å²) < 4.78 is 11.3. The average molecular weight is 279 g/mol. The fraction of sp³-hybridized carbons (Fsp3) is 0.625. The van der Waals surface area contributed by atoms with Gasteiger partial charge in [0, 0.05) is 34.5 Å². The van der Waals surface area contributed by atoms with Crippen LogP contribution in [-0.4, -0.2) is 16.5 Å². The predicted molar refractivity (Wildman–Crippen MR) is 83.8 cm³/mol. The molecule has 3 heteroatoms. The molecular formula is C16H25NOS. The number of rotatable bonds is 4. The summed E-state index contributed by atoms with van der Waals surface area (Å²) in [5, 5.41) is 3.68. The van der Waals surface area contributed by atoms with Crippen molar-refractivity contribution >= 4 is 16.5 Å². The summed E-state index contributed by atoms with van der Waals surface area (Å²) in [5.41, 5.74) is 2.33. The molecule has 0 aromatic heterocycles. The van der Waals surface area contributed by atoms with Gasteiger partial charge in [0.1, 0.15) is 0 Å². The molecule has 1 aromatic rings. The zero-order valence-corrected chi connectivity index (χ0v) is 13.0. The molecule has 1 saturated carbocycles. The minimum atomic E-state index is -0.772. The Morgan fingerprint density at radius 1 is 1.32 bits per heavy atom. The van der Waals surface area contributed by atoms with Crippen molar-refractivity contribution in [3.8, 4) is 0 Å². The lowest BCUT2D eigenvalue weighted by molar-refractivity contribution is 0.253. The van der Waals surface area contributed by atoms with Crippen molar-refractivity contribution in [2.45, 2.75) is 44.9 Å². The van der Waals surface area contributed by atoms with Crippen LogP contribution in [0.2, 0.25) is 0 Å². The monoisotopic (exact) mass is 279 g/mol. The first-order valence-electron chi connectivity index (χ1n) is 7.22. The van der Waals surface area contributed by atoms with E-state index in [9.17, 15) is 4.21 Å². The van der Waals surface area contributed by atoms with Gasteiger partial charge in [-0.15, -0.1) is 0 Å². The smallest absolute Gasteiger partial charge is 0.0483 e. The Balaban J connectivity index is 2.04. The largest absolute Gasteiger partial charge is 0.382 e. The van der Waals surface area contributed by atoms with Crippen LogP contribution in [0.1, 0.15) is 38.7 Å². The van der Waals surface area contributed by atoms with Crippen molar-refractivity contribution < 1.29 is 4.21 Å². The molecule has 1 aliphatic carbocycles. The second-order valence-electron chi connectivity index (χ2n) is 5.94. The molecule has 2 nitrogen and oxygen atoms in total. The van der Waals surface area contributed by atoms with Crippen LogP contribution in [0.5, 0.6) is 0 Å². The van der Waals surface area contributed by atoms with Gasteiger partial charge in [0.15, 0.2) is 0 Å². The van der Waals surface area contributed by atoms with Crippen LogP contribution >= 0.6 is 0 Å². The number of hydrogen-bond acceptors (Lipinski definition) is 2. The Bertz CT molecular complexity index is 446. The zero-order valence-electron chi connectivity index (χ0n) is 12.2. The molecule has 0 heterocycles. The van der Waals surface area contributed by atoms with Crippen LogP contribution in [0.15, 0.2) is 24.3 Å². The normalized spacial score (nSPS) is 28.9. The lowest BCUT2D eigenvalue weighted by Crippen LogP contribution is -2.35.